The summed E-state index contributed by atoms with van der Waals surface area (Å²) in [6.07, 6.45) is 2.54. The van der Waals surface area contributed by atoms with Crippen LogP contribution in [0.25, 0.3) is 11.0 Å². The minimum atomic E-state index is -0.0671. The first-order valence-corrected chi connectivity index (χ1v) is 8.49. The zero-order valence-electron chi connectivity index (χ0n) is 13.7. The molecule has 0 bridgehead atoms. The van der Waals surface area contributed by atoms with Gasteiger partial charge in [0.15, 0.2) is 4.77 Å². The van der Waals surface area contributed by atoms with Gasteiger partial charge in [-0.2, -0.15) is 0 Å². The summed E-state index contributed by atoms with van der Waals surface area (Å²) < 4.78 is 2.07. The molecule has 5 nitrogen and oxygen atoms in total. The fourth-order valence-electron chi connectivity index (χ4n) is 2.86. The smallest absolute Gasteiger partial charge is 0.263 e. The number of quaternary nitrogens is 1. The van der Waals surface area contributed by atoms with Crippen molar-refractivity contribution < 1.29 is 4.90 Å². The number of hydrogen-bond acceptors (Lipinski definition) is 3. The Bertz CT molecular complexity index is 933. The fourth-order valence-corrected chi connectivity index (χ4v) is 3.13. The highest BCUT2D eigenvalue weighted by Crippen LogP contribution is 2.02. The summed E-state index contributed by atoms with van der Waals surface area (Å²) in [7, 11) is 2.17. The van der Waals surface area contributed by atoms with Crippen LogP contribution in [0.4, 0.5) is 0 Å². The van der Waals surface area contributed by atoms with E-state index in [0.717, 1.165) is 19.5 Å². The summed E-state index contributed by atoms with van der Waals surface area (Å²) in [4.78, 5) is 21.2. The Morgan fingerprint density at radius 1 is 1.21 bits per heavy atom. The van der Waals surface area contributed by atoms with E-state index in [1.54, 1.807) is 22.9 Å². The molecule has 0 aliphatic rings. The predicted molar refractivity (Wildman–Crippen MR) is 97.7 cm³/mol. The molecule has 24 heavy (non-hydrogen) atoms. The Hall–Kier alpha value is -2.31. The van der Waals surface area contributed by atoms with Crippen molar-refractivity contribution in [1.82, 2.24) is 14.5 Å². The quantitative estimate of drug-likeness (QED) is 0.669. The number of pyridine rings is 1. The van der Waals surface area contributed by atoms with E-state index in [1.807, 2.05) is 6.07 Å². The average Bonchev–Trinajstić information content (AvgIpc) is 2.59. The first kappa shape index (κ1) is 16.5. The van der Waals surface area contributed by atoms with Crippen LogP contribution in [-0.4, -0.2) is 28.1 Å². The molecule has 6 heteroatoms. The lowest BCUT2D eigenvalue weighted by molar-refractivity contribution is -0.894. The number of benzene rings is 1. The monoisotopic (exact) mass is 341 g/mol. The maximum absolute atomic E-state index is 12.5. The molecule has 1 atom stereocenters. The van der Waals surface area contributed by atoms with Gasteiger partial charge in [0.2, 0.25) is 0 Å². The number of nitrogens with one attached hydrogen (secondary N) is 2. The summed E-state index contributed by atoms with van der Waals surface area (Å²) in [5.74, 6) is 0. The molecule has 1 aromatic carbocycles. The Morgan fingerprint density at radius 3 is 2.79 bits per heavy atom. The third-order valence-electron chi connectivity index (χ3n) is 4.09. The maximum Gasteiger partial charge on any atom is 0.263 e. The lowest BCUT2D eigenvalue weighted by Crippen LogP contribution is -3.07. The Balaban J connectivity index is 1.66. The molecule has 2 aromatic heterocycles. The van der Waals surface area contributed by atoms with E-state index < -0.39 is 0 Å². The molecule has 3 aromatic rings. The van der Waals surface area contributed by atoms with Gasteiger partial charge in [0.1, 0.15) is 12.2 Å². The normalized spacial score (nSPS) is 12.4. The van der Waals surface area contributed by atoms with Crippen LogP contribution in [0.1, 0.15) is 12.0 Å². The second kappa shape index (κ2) is 7.51. The summed E-state index contributed by atoms with van der Waals surface area (Å²) >= 11 is 5.31. The van der Waals surface area contributed by atoms with E-state index in [-0.39, 0.29) is 5.56 Å². The molecule has 0 fully saturated rings. The van der Waals surface area contributed by atoms with Gasteiger partial charge >= 0.3 is 0 Å². The highest BCUT2D eigenvalue weighted by atomic mass is 32.1. The minimum absolute atomic E-state index is 0.0671. The summed E-state index contributed by atoms with van der Waals surface area (Å²) in [6.45, 7) is 2.57. The number of fused-ring (bicyclic) bond motifs is 1. The van der Waals surface area contributed by atoms with E-state index >= 15 is 0 Å². The molecule has 3 rings (SSSR count). The van der Waals surface area contributed by atoms with Crippen LogP contribution in [0.3, 0.4) is 0 Å². The fraction of sp³-hybridized carbons (Fsp3) is 0.278. The average molecular weight is 341 g/mol. The van der Waals surface area contributed by atoms with Gasteiger partial charge in [-0.05, 0) is 24.4 Å². The summed E-state index contributed by atoms with van der Waals surface area (Å²) in [6, 6.07) is 14.0. The van der Waals surface area contributed by atoms with Crippen molar-refractivity contribution in [1.29, 1.82) is 0 Å². The molecular weight excluding hydrogens is 320 g/mol. The van der Waals surface area contributed by atoms with Gasteiger partial charge in [0.05, 0.1) is 19.0 Å². The van der Waals surface area contributed by atoms with Gasteiger partial charge in [-0.15, -0.1) is 0 Å². The topological polar surface area (TPSA) is 55.1 Å². The molecule has 0 amide bonds. The van der Waals surface area contributed by atoms with Gasteiger partial charge in [0.25, 0.3) is 5.56 Å². The van der Waals surface area contributed by atoms with Crippen molar-refractivity contribution in [3.63, 3.8) is 0 Å². The zero-order valence-corrected chi connectivity index (χ0v) is 14.5. The standard InChI is InChI=1S/C18H20N4OS/c1-21(13-14-7-3-2-4-8-14)11-6-12-22-17(23)15-9-5-10-19-16(15)20-18(22)24/h2-5,7-10H,6,11-13H2,1H3,(H,19,20,24)/p+1. The lowest BCUT2D eigenvalue weighted by Gasteiger charge is -2.14. The van der Waals surface area contributed by atoms with Crippen molar-refractivity contribution in [3.05, 3.63) is 69.3 Å². The lowest BCUT2D eigenvalue weighted by atomic mass is 10.2. The first-order valence-electron chi connectivity index (χ1n) is 8.08. The van der Waals surface area contributed by atoms with Gasteiger partial charge in [-0.3, -0.25) is 9.36 Å². The van der Waals surface area contributed by atoms with E-state index in [2.05, 4.69) is 41.3 Å². The Labute approximate surface area is 145 Å². The van der Waals surface area contributed by atoms with E-state index in [1.165, 1.54) is 10.5 Å². The Morgan fingerprint density at radius 2 is 2.00 bits per heavy atom. The number of H-pyrrole nitrogens is 1. The third-order valence-corrected chi connectivity index (χ3v) is 4.41. The van der Waals surface area contributed by atoms with Gasteiger partial charge in [-0.25, -0.2) is 4.98 Å². The largest absolute Gasteiger partial charge is 0.334 e. The molecule has 2 heterocycles. The van der Waals surface area contributed by atoms with Crippen LogP contribution >= 0.6 is 12.2 Å². The van der Waals surface area contributed by atoms with Crippen molar-refractivity contribution >= 4 is 23.3 Å². The molecular formula is C18H21N4OS+. The van der Waals surface area contributed by atoms with Crippen molar-refractivity contribution in [2.45, 2.75) is 19.5 Å². The molecule has 0 radical (unpaired) electrons. The maximum atomic E-state index is 12.5. The second-order valence-electron chi connectivity index (χ2n) is 6.01. The SMILES string of the molecule is C[NH+](CCCn1c(=S)[nH]c2ncccc2c1=O)Cc1ccccc1. The number of aromatic amines is 1. The van der Waals surface area contributed by atoms with Crippen molar-refractivity contribution in [2.75, 3.05) is 13.6 Å². The van der Waals surface area contributed by atoms with Gasteiger partial charge in [-0.1, -0.05) is 30.3 Å². The highest BCUT2D eigenvalue weighted by Gasteiger charge is 2.08. The number of hydrogen-bond donors (Lipinski definition) is 2. The van der Waals surface area contributed by atoms with Gasteiger partial charge in [0, 0.05) is 24.7 Å². The van der Waals surface area contributed by atoms with Crippen molar-refractivity contribution in [2.24, 2.45) is 0 Å². The summed E-state index contributed by atoms with van der Waals surface area (Å²) in [5.41, 5.74) is 1.80. The number of nitrogens with zero attached hydrogens (tertiary/aromatic N) is 2. The molecule has 0 saturated carbocycles. The Kier molecular flexibility index (Phi) is 5.17. The van der Waals surface area contributed by atoms with Gasteiger partial charge < -0.3 is 9.88 Å². The number of rotatable bonds is 6. The molecule has 0 saturated heterocycles. The molecule has 2 N–H and O–H groups in total. The van der Waals surface area contributed by atoms with Crippen LogP contribution in [0.15, 0.2) is 53.5 Å². The molecule has 0 aliphatic heterocycles. The predicted octanol–water partition coefficient (Wildman–Crippen LogP) is 1.56. The van der Waals surface area contributed by atoms with Crippen LogP contribution in [0.5, 0.6) is 0 Å². The molecule has 0 aliphatic carbocycles. The highest BCUT2D eigenvalue weighted by molar-refractivity contribution is 7.71. The first-order chi connectivity index (χ1) is 11.6. The van der Waals surface area contributed by atoms with Crippen LogP contribution in [0.2, 0.25) is 0 Å². The van der Waals surface area contributed by atoms with Crippen LogP contribution < -0.4 is 10.5 Å². The van der Waals surface area contributed by atoms with Crippen molar-refractivity contribution in [3.8, 4) is 0 Å². The van der Waals surface area contributed by atoms with E-state index in [9.17, 15) is 4.79 Å². The third kappa shape index (κ3) is 3.77. The zero-order chi connectivity index (χ0) is 16.9. The molecule has 0 spiro atoms. The second-order valence-corrected chi connectivity index (χ2v) is 6.40. The van der Waals surface area contributed by atoms with E-state index in [0.29, 0.717) is 22.3 Å². The summed E-state index contributed by atoms with van der Waals surface area (Å²) in [5, 5.41) is 0.580. The molecule has 1 unspecified atom stereocenters. The molecule has 124 valence electrons. The van der Waals surface area contributed by atoms with Crippen LogP contribution in [0, 0.1) is 4.77 Å². The van der Waals surface area contributed by atoms with E-state index in [4.69, 9.17) is 12.2 Å². The number of aromatic nitrogens is 3. The van der Waals surface area contributed by atoms with Crippen LogP contribution in [-0.2, 0) is 13.1 Å². The minimum Gasteiger partial charge on any atom is -0.334 e.